The Balaban J connectivity index is 1.56. The summed E-state index contributed by atoms with van der Waals surface area (Å²) >= 11 is 0. The molecule has 0 unspecified atom stereocenters. The van der Waals surface area contributed by atoms with Gasteiger partial charge >= 0.3 is 5.97 Å². The SMILES string of the molecule is COC(=O)c1ccc([C@H](C(=O)NC2CCCCC2)N(C(=O)Cn2nnc3ccccc32)c2ccc(F)cc2)cc1. The number of carbonyl (C=O) groups excluding carboxylic acids is 3. The molecule has 1 fully saturated rings. The minimum absolute atomic E-state index is 0.0116. The summed E-state index contributed by atoms with van der Waals surface area (Å²) in [6.07, 6.45) is 4.87. The van der Waals surface area contributed by atoms with Crippen molar-refractivity contribution in [3.8, 4) is 0 Å². The average molecular weight is 544 g/mol. The number of fused-ring (bicyclic) bond motifs is 1. The fourth-order valence-electron chi connectivity index (χ4n) is 5.14. The van der Waals surface area contributed by atoms with Crippen LogP contribution in [-0.4, -0.2) is 45.9 Å². The van der Waals surface area contributed by atoms with Gasteiger partial charge in [-0.05, 0) is 66.9 Å². The normalized spacial score (nSPS) is 14.4. The largest absolute Gasteiger partial charge is 0.465 e. The van der Waals surface area contributed by atoms with Crippen LogP contribution in [0.2, 0.25) is 0 Å². The Morgan fingerprint density at radius 2 is 1.70 bits per heavy atom. The third kappa shape index (κ3) is 5.85. The molecule has 0 radical (unpaired) electrons. The van der Waals surface area contributed by atoms with E-state index in [0.717, 1.165) is 32.1 Å². The molecule has 1 N–H and O–H groups in total. The molecule has 10 heteroatoms. The summed E-state index contributed by atoms with van der Waals surface area (Å²) in [5.74, 6) is -1.79. The molecule has 5 rings (SSSR count). The minimum atomic E-state index is -1.10. The molecule has 2 amide bonds. The highest BCUT2D eigenvalue weighted by Gasteiger charge is 2.34. The first-order valence-corrected chi connectivity index (χ1v) is 13.3. The van der Waals surface area contributed by atoms with Crippen LogP contribution in [0.15, 0.2) is 72.8 Å². The molecule has 4 aromatic rings. The van der Waals surface area contributed by atoms with Gasteiger partial charge in [0.2, 0.25) is 11.8 Å². The maximum atomic E-state index is 14.1. The Kier molecular flexibility index (Phi) is 8.14. The summed E-state index contributed by atoms with van der Waals surface area (Å²) in [6.45, 7) is -0.203. The molecule has 1 atom stereocenters. The number of nitrogens with one attached hydrogen (secondary N) is 1. The smallest absolute Gasteiger partial charge is 0.337 e. The predicted octanol–water partition coefficient (Wildman–Crippen LogP) is 4.58. The van der Waals surface area contributed by atoms with Crippen LogP contribution < -0.4 is 10.2 Å². The quantitative estimate of drug-likeness (QED) is 0.326. The topological polar surface area (TPSA) is 106 Å². The van der Waals surface area contributed by atoms with Crippen molar-refractivity contribution in [1.29, 1.82) is 0 Å². The zero-order chi connectivity index (χ0) is 28.1. The lowest BCUT2D eigenvalue weighted by Crippen LogP contribution is -2.48. The molecule has 0 bridgehead atoms. The predicted molar refractivity (Wildman–Crippen MR) is 147 cm³/mol. The van der Waals surface area contributed by atoms with Gasteiger partial charge in [-0.2, -0.15) is 0 Å². The molecule has 0 aliphatic heterocycles. The first kappa shape index (κ1) is 27.0. The fraction of sp³-hybridized carbons (Fsp3) is 0.300. The number of ether oxygens (including phenoxy) is 1. The molecule has 1 aliphatic rings. The standard InChI is InChI=1S/C30H30FN5O4/c1-40-30(39)21-13-11-20(12-14-21)28(29(38)32-23-7-3-2-4-8-23)36(24-17-15-22(31)16-18-24)27(37)19-35-26-10-6-5-9-25(26)33-34-35/h5-6,9-18,23,28H,2-4,7-8,19H2,1H3,(H,32,38)/t28-/m1/s1. The monoisotopic (exact) mass is 543 g/mol. The molecule has 1 heterocycles. The van der Waals surface area contributed by atoms with Crippen molar-refractivity contribution in [3.63, 3.8) is 0 Å². The Morgan fingerprint density at radius 3 is 2.40 bits per heavy atom. The van der Waals surface area contributed by atoms with E-state index in [1.807, 2.05) is 18.2 Å². The lowest BCUT2D eigenvalue weighted by Gasteiger charge is -2.33. The van der Waals surface area contributed by atoms with Crippen LogP contribution in [0, 0.1) is 5.82 Å². The summed E-state index contributed by atoms with van der Waals surface area (Å²) in [5.41, 5.74) is 2.44. The van der Waals surface area contributed by atoms with Crippen LogP contribution in [0.3, 0.4) is 0 Å². The van der Waals surface area contributed by atoms with Crippen molar-refractivity contribution in [3.05, 3.63) is 89.7 Å². The van der Waals surface area contributed by atoms with Gasteiger partial charge in [0.15, 0.2) is 0 Å². The molecule has 206 valence electrons. The fourth-order valence-corrected chi connectivity index (χ4v) is 5.14. The first-order valence-electron chi connectivity index (χ1n) is 13.3. The van der Waals surface area contributed by atoms with Gasteiger partial charge in [0.25, 0.3) is 0 Å². The highest BCUT2D eigenvalue weighted by Crippen LogP contribution is 2.30. The third-order valence-corrected chi connectivity index (χ3v) is 7.18. The first-order chi connectivity index (χ1) is 19.4. The number of para-hydroxylation sites is 1. The van der Waals surface area contributed by atoms with E-state index in [2.05, 4.69) is 15.6 Å². The van der Waals surface area contributed by atoms with Crippen LogP contribution in [0.1, 0.15) is 54.1 Å². The second-order valence-corrected chi connectivity index (χ2v) is 9.84. The summed E-state index contributed by atoms with van der Waals surface area (Å²) in [4.78, 5) is 41.5. The van der Waals surface area contributed by atoms with Gasteiger partial charge in [0.05, 0.1) is 18.2 Å². The molecule has 40 heavy (non-hydrogen) atoms. The van der Waals surface area contributed by atoms with E-state index in [-0.39, 0.29) is 18.5 Å². The zero-order valence-electron chi connectivity index (χ0n) is 22.1. The highest BCUT2D eigenvalue weighted by atomic mass is 19.1. The molecule has 1 saturated carbocycles. The molecule has 3 aromatic carbocycles. The van der Waals surface area contributed by atoms with Crippen molar-refractivity contribution in [2.24, 2.45) is 0 Å². The van der Waals surface area contributed by atoms with Gasteiger partial charge in [-0.3, -0.25) is 14.5 Å². The Morgan fingerprint density at radius 1 is 1.00 bits per heavy atom. The number of halogens is 1. The van der Waals surface area contributed by atoms with E-state index < -0.39 is 23.7 Å². The van der Waals surface area contributed by atoms with Gasteiger partial charge in [0.1, 0.15) is 23.9 Å². The maximum Gasteiger partial charge on any atom is 0.337 e. The molecule has 0 saturated heterocycles. The van der Waals surface area contributed by atoms with Crippen LogP contribution in [-0.2, 0) is 20.9 Å². The van der Waals surface area contributed by atoms with E-state index in [1.54, 1.807) is 30.3 Å². The van der Waals surface area contributed by atoms with Crippen LogP contribution in [0.25, 0.3) is 11.0 Å². The van der Waals surface area contributed by atoms with Gasteiger partial charge in [0, 0.05) is 11.7 Å². The number of benzene rings is 3. The molecular formula is C30H30FN5O4. The number of hydrogen-bond acceptors (Lipinski definition) is 6. The van der Waals surface area contributed by atoms with Gasteiger partial charge in [-0.15, -0.1) is 5.10 Å². The summed E-state index contributed by atoms with van der Waals surface area (Å²) in [6, 6.07) is 18.0. The van der Waals surface area contributed by atoms with Crippen molar-refractivity contribution in [2.75, 3.05) is 12.0 Å². The second kappa shape index (κ2) is 12.1. The Hall–Kier alpha value is -4.60. The molecule has 1 aromatic heterocycles. The summed E-state index contributed by atoms with van der Waals surface area (Å²) in [5, 5.41) is 11.4. The lowest BCUT2D eigenvalue weighted by molar-refractivity contribution is -0.127. The lowest BCUT2D eigenvalue weighted by atomic mass is 9.94. The van der Waals surface area contributed by atoms with Crippen molar-refractivity contribution >= 4 is 34.5 Å². The molecule has 0 spiro atoms. The van der Waals surface area contributed by atoms with E-state index in [4.69, 9.17) is 4.74 Å². The van der Waals surface area contributed by atoms with Crippen molar-refractivity contribution < 1.29 is 23.5 Å². The third-order valence-electron chi connectivity index (χ3n) is 7.18. The van der Waals surface area contributed by atoms with E-state index >= 15 is 0 Å². The zero-order valence-corrected chi connectivity index (χ0v) is 22.1. The number of rotatable bonds is 8. The second-order valence-electron chi connectivity index (χ2n) is 9.84. The summed E-state index contributed by atoms with van der Waals surface area (Å²) < 4.78 is 20.2. The highest BCUT2D eigenvalue weighted by molar-refractivity contribution is 6.01. The van der Waals surface area contributed by atoms with Crippen molar-refractivity contribution in [1.82, 2.24) is 20.3 Å². The molecule has 9 nitrogen and oxygen atoms in total. The van der Waals surface area contributed by atoms with Gasteiger partial charge in [-0.1, -0.05) is 48.7 Å². The van der Waals surface area contributed by atoms with E-state index in [9.17, 15) is 18.8 Å². The Labute approximate surface area is 230 Å². The Bertz CT molecular complexity index is 1500. The van der Waals surface area contributed by atoms with E-state index in [0.29, 0.717) is 27.8 Å². The van der Waals surface area contributed by atoms with E-state index in [1.165, 1.54) is 41.0 Å². The number of nitrogens with zero attached hydrogens (tertiary/aromatic N) is 4. The van der Waals surface area contributed by atoms with Crippen LogP contribution >= 0.6 is 0 Å². The number of aromatic nitrogens is 3. The van der Waals surface area contributed by atoms with Crippen molar-refractivity contribution in [2.45, 2.75) is 50.7 Å². The minimum Gasteiger partial charge on any atom is -0.465 e. The van der Waals surface area contributed by atoms with Gasteiger partial charge in [-0.25, -0.2) is 13.9 Å². The number of anilines is 1. The van der Waals surface area contributed by atoms with Crippen LogP contribution in [0.4, 0.5) is 10.1 Å². The number of methoxy groups -OCH3 is 1. The molecular weight excluding hydrogens is 513 g/mol. The molecule has 1 aliphatic carbocycles. The number of amides is 2. The number of hydrogen-bond donors (Lipinski definition) is 1. The average Bonchev–Trinajstić information content (AvgIpc) is 3.39. The number of esters is 1. The van der Waals surface area contributed by atoms with Gasteiger partial charge < -0.3 is 10.1 Å². The summed E-state index contributed by atoms with van der Waals surface area (Å²) in [7, 11) is 1.29. The maximum absolute atomic E-state index is 14.1. The van der Waals surface area contributed by atoms with Crippen LogP contribution in [0.5, 0.6) is 0 Å². The number of carbonyl (C=O) groups is 3.